The highest BCUT2D eigenvalue weighted by Gasteiger charge is 2.29. The molecule has 6 heteroatoms. The summed E-state index contributed by atoms with van der Waals surface area (Å²) in [5, 5.41) is 5.96. The zero-order valence-electron chi connectivity index (χ0n) is 17.0. The van der Waals surface area contributed by atoms with Crippen LogP contribution in [0.25, 0.3) is 0 Å². The summed E-state index contributed by atoms with van der Waals surface area (Å²) in [6.07, 6.45) is 6.98. The fourth-order valence-electron chi connectivity index (χ4n) is 4.25. The smallest absolute Gasteiger partial charge is 0.315 e. The van der Waals surface area contributed by atoms with Crippen molar-refractivity contribution in [2.45, 2.75) is 57.0 Å². The van der Waals surface area contributed by atoms with Crippen LogP contribution in [-0.2, 0) is 4.79 Å². The van der Waals surface area contributed by atoms with E-state index in [-0.39, 0.29) is 18.0 Å². The number of carbonyl (C=O) groups is 2. The van der Waals surface area contributed by atoms with E-state index in [1.165, 1.54) is 24.8 Å². The molecule has 3 amide bonds. The van der Waals surface area contributed by atoms with Crippen LogP contribution in [0.15, 0.2) is 30.3 Å². The number of nitrogens with one attached hydrogen (secondary N) is 2. The Kier molecular flexibility index (Phi) is 7.71. The maximum atomic E-state index is 12.8. The first-order valence-electron chi connectivity index (χ1n) is 10.7. The maximum Gasteiger partial charge on any atom is 0.315 e. The largest absolute Gasteiger partial charge is 0.338 e. The monoisotopic (exact) mass is 386 g/mol. The second-order valence-electron chi connectivity index (χ2n) is 8.11. The van der Waals surface area contributed by atoms with Crippen molar-refractivity contribution in [1.29, 1.82) is 0 Å². The number of urea groups is 1. The second-order valence-corrected chi connectivity index (χ2v) is 8.11. The van der Waals surface area contributed by atoms with Gasteiger partial charge in [-0.15, -0.1) is 0 Å². The van der Waals surface area contributed by atoms with Crippen LogP contribution in [0.2, 0.25) is 0 Å². The molecule has 2 aliphatic rings. The molecule has 2 fully saturated rings. The molecule has 28 heavy (non-hydrogen) atoms. The van der Waals surface area contributed by atoms with Gasteiger partial charge in [-0.25, -0.2) is 4.79 Å². The Labute approximate surface area is 168 Å². The number of rotatable bonds is 6. The predicted molar refractivity (Wildman–Crippen MR) is 111 cm³/mol. The van der Waals surface area contributed by atoms with Crippen molar-refractivity contribution in [2.24, 2.45) is 0 Å². The number of benzene rings is 1. The highest BCUT2D eigenvalue weighted by molar-refractivity contribution is 5.77. The molecule has 1 aromatic carbocycles. The van der Waals surface area contributed by atoms with Crippen LogP contribution < -0.4 is 10.6 Å². The van der Waals surface area contributed by atoms with Crippen LogP contribution in [0.4, 0.5) is 4.79 Å². The normalized spacial score (nSPS) is 21.3. The van der Waals surface area contributed by atoms with Crippen LogP contribution in [-0.4, -0.2) is 61.0 Å². The molecule has 154 valence electrons. The minimum Gasteiger partial charge on any atom is -0.338 e. The van der Waals surface area contributed by atoms with E-state index in [0.29, 0.717) is 25.4 Å². The summed E-state index contributed by atoms with van der Waals surface area (Å²) in [7, 11) is 2.10. The SMILES string of the molecule is CN1CCN(C(=O)CCCNC(=O)NC2CCCCC2)C(c2ccccc2)C1. The van der Waals surface area contributed by atoms with Gasteiger partial charge < -0.3 is 20.4 Å². The van der Waals surface area contributed by atoms with Gasteiger partial charge in [0.1, 0.15) is 0 Å². The fourth-order valence-corrected chi connectivity index (χ4v) is 4.25. The number of likely N-dealkylation sites (N-methyl/N-ethyl adjacent to an activating group) is 1. The first kappa shape index (κ1) is 20.6. The summed E-state index contributed by atoms with van der Waals surface area (Å²) >= 11 is 0. The zero-order chi connectivity index (χ0) is 19.8. The lowest BCUT2D eigenvalue weighted by atomic mass is 9.96. The van der Waals surface area contributed by atoms with Crippen LogP contribution in [0.1, 0.15) is 56.6 Å². The van der Waals surface area contributed by atoms with Crippen molar-refractivity contribution in [3.05, 3.63) is 35.9 Å². The molecule has 6 nitrogen and oxygen atoms in total. The molecule has 1 heterocycles. The Hall–Kier alpha value is -2.08. The molecule has 0 aromatic heterocycles. The van der Waals surface area contributed by atoms with Crippen LogP contribution in [0.5, 0.6) is 0 Å². The molecule has 3 rings (SSSR count). The average molecular weight is 387 g/mol. The standard InChI is InChI=1S/C22H34N4O2/c1-25-15-16-26(20(17-25)18-9-4-2-5-10-18)21(27)13-8-14-23-22(28)24-19-11-6-3-7-12-19/h2,4-5,9-10,19-20H,3,6-8,11-17H2,1H3,(H2,23,24,28). The summed E-state index contributed by atoms with van der Waals surface area (Å²) in [4.78, 5) is 29.1. The lowest BCUT2D eigenvalue weighted by molar-refractivity contribution is -0.136. The van der Waals surface area contributed by atoms with Gasteiger partial charge in [0.2, 0.25) is 5.91 Å². The average Bonchev–Trinajstić information content (AvgIpc) is 2.72. The lowest BCUT2D eigenvalue weighted by Crippen LogP contribution is -2.49. The van der Waals surface area contributed by atoms with E-state index in [1.54, 1.807) is 0 Å². The molecule has 1 atom stereocenters. The number of hydrogen-bond donors (Lipinski definition) is 2. The quantitative estimate of drug-likeness (QED) is 0.739. The third kappa shape index (κ3) is 5.96. The van der Waals surface area contributed by atoms with E-state index in [1.807, 2.05) is 23.1 Å². The molecule has 0 bridgehead atoms. The van der Waals surface area contributed by atoms with E-state index in [4.69, 9.17) is 0 Å². The molecule has 1 saturated heterocycles. The summed E-state index contributed by atoms with van der Waals surface area (Å²) in [5.41, 5.74) is 1.19. The molecular weight excluding hydrogens is 352 g/mol. The Morgan fingerprint density at radius 2 is 1.82 bits per heavy atom. The zero-order valence-corrected chi connectivity index (χ0v) is 17.0. The van der Waals surface area contributed by atoms with Gasteiger partial charge in [0, 0.05) is 38.6 Å². The van der Waals surface area contributed by atoms with Gasteiger partial charge in [-0.05, 0) is 31.9 Å². The summed E-state index contributed by atoms with van der Waals surface area (Å²) in [6.45, 7) is 3.05. The molecule has 0 radical (unpaired) electrons. The number of carbonyl (C=O) groups excluding carboxylic acids is 2. The van der Waals surface area contributed by atoms with Gasteiger partial charge in [0.15, 0.2) is 0 Å². The Bertz CT molecular complexity index is 631. The minimum absolute atomic E-state index is 0.0962. The fraction of sp³-hybridized carbons (Fsp3) is 0.636. The summed E-state index contributed by atoms with van der Waals surface area (Å²) in [6, 6.07) is 10.6. The molecule has 2 N–H and O–H groups in total. The van der Waals surface area contributed by atoms with Crippen molar-refractivity contribution in [3.63, 3.8) is 0 Å². The van der Waals surface area contributed by atoms with Crippen molar-refractivity contribution in [1.82, 2.24) is 20.4 Å². The minimum atomic E-state index is -0.0962. The number of amides is 3. The van der Waals surface area contributed by atoms with Crippen molar-refractivity contribution >= 4 is 11.9 Å². The third-order valence-corrected chi connectivity index (χ3v) is 5.88. The Balaban J connectivity index is 1.42. The van der Waals surface area contributed by atoms with E-state index < -0.39 is 0 Å². The summed E-state index contributed by atoms with van der Waals surface area (Å²) < 4.78 is 0. The molecule has 1 saturated carbocycles. The molecule has 1 aromatic rings. The molecule has 1 aliphatic carbocycles. The maximum absolute atomic E-state index is 12.8. The third-order valence-electron chi connectivity index (χ3n) is 5.88. The van der Waals surface area contributed by atoms with Crippen LogP contribution in [0, 0.1) is 0 Å². The highest BCUT2D eigenvalue weighted by Crippen LogP contribution is 2.25. The first-order chi connectivity index (χ1) is 13.6. The molecule has 0 spiro atoms. The van der Waals surface area contributed by atoms with Gasteiger partial charge in [0.05, 0.1) is 6.04 Å². The van der Waals surface area contributed by atoms with E-state index in [0.717, 1.165) is 32.5 Å². The second kappa shape index (κ2) is 10.5. The Morgan fingerprint density at radius 3 is 2.57 bits per heavy atom. The van der Waals surface area contributed by atoms with Crippen LogP contribution in [0.3, 0.4) is 0 Å². The molecular formula is C22H34N4O2. The van der Waals surface area contributed by atoms with Gasteiger partial charge in [-0.2, -0.15) is 0 Å². The number of piperazine rings is 1. The van der Waals surface area contributed by atoms with Gasteiger partial charge in [-0.1, -0.05) is 49.6 Å². The van der Waals surface area contributed by atoms with E-state index >= 15 is 0 Å². The van der Waals surface area contributed by atoms with Crippen molar-refractivity contribution in [3.8, 4) is 0 Å². The van der Waals surface area contributed by atoms with Crippen molar-refractivity contribution < 1.29 is 9.59 Å². The van der Waals surface area contributed by atoms with Gasteiger partial charge in [0.25, 0.3) is 0 Å². The number of hydrogen-bond acceptors (Lipinski definition) is 3. The number of nitrogens with zero attached hydrogens (tertiary/aromatic N) is 2. The van der Waals surface area contributed by atoms with E-state index in [9.17, 15) is 9.59 Å². The lowest BCUT2D eigenvalue weighted by Gasteiger charge is -2.40. The predicted octanol–water partition coefficient (Wildman–Crippen LogP) is 2.91. The topological polar surface area (TPSA) is 64.7 Å². The highest BCUT2D eigenvalue weighted by atomic mass is 16.2. The molecule has 1 unspecified atom stereocenters. The van der Waals surface area contributed by atoms with Gasteiger partial charge >= 0.3 is 6.03 Å². The van der Waals surface area contributed by atoms with E-state index in [2.05, 4.69) is 34.7 Å². The van der Waals surface area contributed by atoms with Crippen molar-refractivity contribution in [2.75, 3.05) is 33.2 Å². The Morgan fingerprint density at radius 1 is 1.07 bits per heavy atom. The molecule has 1 aliphatic heterocycles. The van der Waals surface area contributed by atoms with Gasteiger partial charge in [-0.3, -0.25) is 4.79 Å². The van der Waals surface area contributed by atoms with Crippen LogP contribution >= 0.6 is 0 Å². The first-order valence-corrected chi connectivity index (χ1v) is 10.7. The summed E-state index contributed by atoms with van der Waals surface area (Å²) in [5.74, 6) is 0.177.